The molecule has 6 heteroatoms. The summed E-state index contributed by atoms with van der Waals surface area (Å²) in [6.45, 7) is 3.80. The molecule has 12 heavy (non-hydrogen) atoms. The van der Waals surface area contributed by atoms with Crippen LogP contribution in [0, 0.1) is 0 Å². The first-order valence-corrected chi connectivity index (χ1v) is 5.60. The highest BCUT2D eigenvalue weighted by atomic mass is 32.2. The normalized spacial score (nSPS) is 24.6. The van der Waals surface area contributed by atoms with E-state index >= 15 is 0 Å². The topological polar surface area (TPSA) is 70.2 Å². The SMILES string of the molecule is CCNS(=O)(=O)N[C@H]1CCNC1. The highest BCUT2D eigenvalue weighted by Crippen LogP contribution is 1.97. The van der Waals surface area contributed by atoms with Crippen molar-refractivity contribution in [1.29, 1.82) is 0 Å². The van der Waals surface area contributed by atoms with Crippen molar-refractivity contribution in [2.75, 3.05) is 19.6 Å². The third kappa shape index (κ3) is 3.06. The molecule has 0 bridgehead atoms. The molecule has 72 valence electrons. The molecule has 1 heterocycles. The monoisotopic (exact) mass is 193 g/mol. The lowest BCUT2D eigenvalue weighted by Gasteiger charge is -2.11. The zero-order valence-corrected chi connectivity index (χ0v) is 7.95. The maximum Gasteiger partial charge on any atom is 0.277 e. The summed E-state index contributed by atoms with van der Waals surface area (Å²) in [4.78, 5) is 0. The third-order valence-corrected chi connectivity index (χ3v) is 3.03. The molecule has 0 saturated carbocycles. The van der Waals surface area contributed by atoms with Crippen LogP contribution in [0.1, 0.15) is 13.3 Å². The van der Waals surface area contributed by atoms with Crippen LogP contribution in [-0.2, 0) is 10.2 Å². The fourth-order valence-electron chi connectivity index (χ4n) is 1.21. The van der Waals surface area contributed by atoms with Crippen LogP contribution in [0.5, 0.6) is 0 Å². The molecule has 1 aliphatic rings. The van der Waals surface area contributed by atoms with Gasteiger partial charge in [-0.3, -0.25) is 0 Å². The Hall–Kier alpha value is -0.170. The van der Waals surface area contributed by atoms with Crippen molar-refractivity contribution in [1.82, 2.24) is 14.8 Å². The largest absolute Gasteiger partial charge is 0.315 e. The average Bonchev–Trinajstić information content (AvgIpc) is 2.38. The zero-order valence-electron chi connectivity index (χ0n) is 7.13. The lowest BCUT2D eigenvalue weighted by atomic mass is 10.3. The summed E-state index contributed by atoms with van der Waals surface area (Å²) >= 11 is 0. The maximum atomic E-state index is 11.1. The van der Waals surface area contributed by atoms with Crippen molar-refractivity contribution in [3.63, 3.8) is 0 Å². The Morgan fingerprint density at radius 1 is 1.58 bits per heavy atom. The van der Waals surface area contributed by atoms with Crippen LogP contribution in [0.15, 0.2) is 0 Å². The van der Waals surface area contributed by atoms with Crippen LogP contribution < -0.4 is 14.8 Å². The minimum atomic E-state index is -3.26. The lowest BCUT2D eigenvalue weighted by Crippen LogP contribution is -2.43. The van der Waals surface area contributed by atoms with Crippen LogP contribution in [0.4, 0.5) is 0 Å². The fraction of sp³-hybridized carbons (Fsp3) is 1.00. The quantitative estimate of drug-likeness (QED) is 0.525. The van der Waals surface area contributed by atoms with Gasteiger partial charge in [0.25, 0.3) is 10.2 Å². The van der Waals surface area contributed by atoms with Gasteiger partial charge in [-0.15, -0.1) is 0 Å². The minimum absolute atomic E-state index is 0.0500. The van der Waals surface area contributed by atoms with Crippen LogP contribution in [0.2, 0.25) is 0 Å². The molecule has 1 aliphatic heterocycles. The molecule has 0 spiro atoms. The second-order valence-electron chi connectivity index (χ2n) is 2.81. The highest BCUT2D eigenvalue weighted by Gasteiger charge is 2.19. The van der Waals surface area contributed by atoms with Crippen LogP contribution in [0.25, 0.3) is 0 Å². The molecular formula is C6H15N3O2S. The summed E-state index contributed by atoms with van der Waals surface area (Å²) in [6, 6.07) is 0.0500. The summed E-state index contributed by atoms with van der Waals surface area (Å²) in [5.41, 5.74) is 0. The molecule has 5 nitrogen and oxygen atoms in total. The van der Waals surface area contributed by atoms with E-state index in [0.29, 0.717) is 6.54 Å². The number of hydrogen-bond donors (Lipinski definition) is 3. The predicted octanol–water partition coefficient (Wildman–Crippen LogP) is -1.21. The van der Waals surface area contributed by atoms with Gasteiger partial charge >= 0.3 is 0 Å². The molecule has 3 N–H and O–H groups in total. The van der Waals surface area contributed by atoms with E-state index in [9.17, 15) is 8.42 Å². The molecule has 0 aromatic rings. The highest BCUT2D eigenvalue weighted by molar-refractivity contribution is 7.87. The van der Waals surface area contributed by atoms with Gasteiger partial charge in [0.1, 0.15) is 0 Å². The van der Waals surface area contributed by atoms with E-state index in [2.05, 4.69) is 14.8 Å². The average molecular weight is 193 g/mol. The number of hydrogen-bond acceptors (Lipinski definition) is 3. The first kappa shape index (κ1) is 9.91. The fourth-order valence-corrected chi connectivity index (χ4v) is 2.31. The molecule has 1 saturated heterocycles. The summed E-state index contributed by atoms with van der Waals surface area (Å²) in [7, 11) is -3.26. The van der Waals surface area contributed by atoms with Crippen molar-refractivity contribution in [3.8, 4) is 0 Å². The number of nitrogens with one attached hydrogen (secondary N) is 3. The summed E-state index contributed by atoms with van der Waals surface area (Å²) in [5, 5.41) is 3.08. The van der Waals surface area contributed by atoms with E-state index in [4.69, 9.17) is 0 Å². The third-order valence-electron chi connectivity index (χ3n) is 1.72. The van der Waals surface area contributed by atoms with E-state index in [-0.39, 0.29) is 6.04 Å². The van der Waals surface area contributed by atoms with Crippen molar-refractivity contribution >= 4 is 10.2 Å². The van der Waals surface area contributed by atoms with Crippen molar-refractivity contribution < 1.29 is 8.42 Å². The Balaban J connectivity index is 2.38. The van der Waals surface area contributed by atoms with Crippen molar-refractivity contribution in [2.24, 2.45) is 0 Å². The Bertz CT molecular complexity index is 221. The lowest BCUT2D eigenvalue weighted by molar-refractivity contribution is 0.548. The van der Waals surface area contributed by atoms with Gasteiger partial charge in [0, 0.05) is 19.1 Å². The maximum absolute atomic E-state index is 11.1. The first-order chi connectivity index (χ1) is 5.64. The molecule has 0 aliphatic carbocycles. The smallest absolute Gasteiger partial charge is 0.277 e. The number of rotatable bonds is 4. The van der Waals surface area contributed by atoms with Gasteiger partial charge in [0.05, 0.1) is 0 Å². The molecule has 0 amide bonds. The Morgan fingerprint density at radius 3 is 2.83 bits per heavy atom. The van der Waals surface area contributed by atoms with Gasteiger partial charge in [-0.25, -0.2) is 4.72 Å². The van der Waals surface area contributed by atoms with Crippen LogP contribution >= 0.6 is 0 Å². The van der Waals surface area contributed by atoms with E-state index in [1.165, 1.54) is 0 Å². The minimum Gasteiger partial charge on any atom is -0.315 e. The molecule has 1 atom stereocenters. The molecule has 1 fully saturated rings. The summed E-state index contributed by atoms with van der Waals surface area (Å²) in [6.07, 6.45) is 0.866. The summed E-state index contributed by atoms with van der Waals surface area (Å²) < 4.78 is 27.2. The standard InChI is InChI=1S/C6H15N3O2S/c1-2-8-12(10,11)9-6-3-4-7-5-6/h6-9H,2-5H2,1H3/t6-/m0/s1. The Kier molecular flexibility index (Phi) is 3.45. The summed E-state index contributed by atoms with van der Waals surface area (Å²) in [5.74, 6) is 0. The van der Waals surface area contributed by atoms with Crippen molar-refractivity contribution in [2.45, 2.75) is 19.4 Å². The van der Waals surface area contributed by atoms with Gasteiger partial charge in [0.15, 0.2) is 0 Å². The molecule has 0 aromatic carbocycles. The second kappa shape index (κ2) is 4.18. The molecule has 0 aromatic heterocycles. The Morgan fingerprint density at radius 2 is 2.33 bits per heavy atom. The van der Waals surface area contributed by atoms with Crippen molar-refractivity contribution in [3.05, 3.63) is 0 Å². The molecule has 0 unspecified atom stereocenters. The van der Waals surface area contributed by atoms with Gasteiger partial charge in [-0.05, 0) is 13.0 Å². The second-order valence-corrected chi connectivity index (χ2v) is 4.34. The van der Waals surface area contributed by atoms with Gasteiger partial charge in [0.2, 0.25) is 0 Å². The van der Waals surface area contributed by atoms with Gasteiger partial charge in [-0.1, -0.05) is 6.92 Å². The first-order valence-electron chi connectivity index (χ1n) is 4.11. The van der Waals surface area contributed by atoms with E-state index in [0.717, 1.165) is 19.5 Å². The van der Waals surface area contributed by atoms with E-state index in [1.807, 2.05) is 0 Å². The molecule has 1 rings (SSSR count). The zero-order chi connectivity index (χ0) is 9.03. The van der Waals surface area contributed by atoms with Gasteiger partial charge in [-0.2, -0.15) is 13.1 Å². The van der Waals surface area contributed by atoms with Gasteiger partial charge < -0.3 is 5.32 Å². The van der Waals surface area contributed by atoms with Crippen LogP contribution in [0.3, 0.4) is 0 Å². The van der Waals surface area contributed by atoms with E-state index in [1.54, 1.807) is 6.92 Å². The van der Waals surface area contributed by atoms with E-state index < -0.39 is 10.2 Å². The predicted molar refractivity (Wildman–Crippen MR) is 47.0 cm³/mol. The molecular weight excluding hydrogens is 178 g/mol. The van der Waals surface area contributed by atoms with Crippen LogP contribution in [-0.4, -0.2) is 34.1 Å². The Labute approximate surface area is 73.1 Å². The molecule has 0 radical (unpaired) electrons.